The van der Waals surface area contributed by atoms with Gasteiger partial charge in [0.2, 0.25) is 0 Å². The molecule has 1 N–H and O–H groups in total. The van der Waals surface area contributed by atoms with Gasteiger partial charge in [-0.15, -0.1) is 0 Å². The summed E-state index contributed by atoms with van der Waals surface area (Å²) in [5, 5.41) is 0. The van der Waals surface area contributed by atoms with E-state index in [4.69, 9.17) is 0 Å². The molecule has 124 valence electrons. The Morgan fingerprint density at radius 1 is 1.10 bits per heavy atom. The van der Waals surface area contributed by atoms with Crippen LogP contribution in [0.25, 0.3) is 0 Å². The van der Waals surface area contributed by atoms with Gasteiger partial charge in [-0.1, -0.05) is 37.4 Å². The minimum absolute atomic E-state index is 0.0997. The standard InChI is InChI=1S/C12H17F6NS2/c1-8(19-20-12(2,3)4)10-6-5-9(7-11(10)13)21(14,15,16,17)18/h5-8,19H,1-4H3. The average Bonchev–Trinajstić information content (AvgIpc) is 2.21. The number of hydrogen-bond donors (Lipinski definition) is 1. The van der Waals surface area contributed by atoms with Crippen LogP contribution in [0, 0.1) is 5.82 Å². The molecule has 1 rings (SSSR count). The molecule has 1 atom stereocenters. The highest BCUT2D eigenvalue weighted by atomic mass is 32.5. The second-order valence-corrected chi connectivity index (χ2v) is 9.78. The van der Waals surface area contributed by atoms with Gasteiger partial charge in [-0.2, -0.15) is 0 Å². The molecule has 0 aliphatic rings. The number of hydrogen-bond acceptors (Lipinski definition) is 2. The summed E-state index contributed by atoms with van der Waals surface area (Å²) in [6.07, 6.45) is 0. The van der Waals surface area contributed by atoms with Crippen LogP contribution in [0.5, 0.6) is 0 Å². The molecular weight excluding hydrogens is 336 g/mol. The molecule has 1 aromatic rings. The predicted octanol–water partition coefficient (Wildman–Crippen LogP) is 6.58. The zero-order valence-corrected chi connectivity index (χ0v) is 13.5. The summed E-state index contributed by atoms with van der Waals surface area (Å²) in [6.45, 7) is 7.22. The fourth-order valence-electron chi connectivity index (χ4n) is 1.43. The molecule has 0 heterocycles. The fourth-order valence-corrected chi connectivity index (χ4v) is 2.74. The average molecular weight is 353 g/mol. The Hall–Kier alpha value is -0.540. The van der Waals surface area contributed by atoms with Gasteiger partial charge in [0, 0.05) is 16.4 Å². The Bertz CT molecular complexity index is 535. The Balaban J connectivity index is 3.05. The Kier molecular flexibility index (Phi) is 4.17. The van der Waals surface area contributed by atoms with Gasteiger partial charge in [-0.05, 0) is 39.8 Å². The molecule has 0 aromatic heterocycles. The van der Waals surface area contributed by atoms with Gasteiger partial charge in [-0.3, -0.25) is 4.72 Å². The van der Waals surface area contributed by atoms with E-state index >= 15 is 0 Å². The molecule has 0 bridgehead atoms. The number of halogens is 6. The third kappa shape index (κ3) is 5.63. The summed E-state index contributed by atoms with van der Waals surface area (Å²) in [5.41, 5.74) is -0.0997. The number of benzene rings is 1. The Morgan fingerprint density at radius 3 is 2.00 bits per heavy atom. The van der Waals surface area contributed by atoms with E-state index in [2.05, 4.69) is 4.72 Å². The van der Waals surface area contributed by atoms with Gasteiger partial charge in [0.1, 0.15) is 10.7 Å². The van der Waals surface area contributed by atoms with E-state index in [-0.39, 0.29) is 22.4 Å². The van der Waals surface area contributed by atoms with E-state index in [0.717, 1.165) is 6.07 Å². The molecule has 0 radical (unpaired) electrons. The van der Waals surface area contributed by atoms with Gasteiger partial charge in [0.15, 0.2) is 0 Å². The first-order valence-corrected chi connectivity index (χ1v) is 8.73. The molecule has 0 aliphatic heterocycles. The van der Waals surface area contributed by atoms with Crippen molar-refractivity contribution in [3.63, 3.8) is 0 Å². The molecule has 1 unspecified atom stereocenters. The molecule has 0 spiro atoms. The van der Waals surface area contributed by atoms with Gasteiger partial charge >= 0.3 is 10.2 Å². The normalized spacial score (nSPS) is 18.0. The Labute approximate surface area is 124 Å². The summed E-state index contributed by atoms with van der Waals surface area (Å²) < 4.78 is 79.3. The first-order chi connectivity index (χ1) is 8.99. The zero-order chi connectivity index (χ0) is 16.8. The summed E-state index contributed by atoms with van der Waals surface area (Å²) in [4.78, 5) is -2.22. The van der Waals surface area contributed by atoms with Crippen LogP contribution >= 0.6 is 22.2 Å². The van der Waals surface area contributed by atoms with E-state index in [1.165, 1.54) is 18.9 Å². The van der Waals surface area contributed by atoms with E-state index in [9.17, 15) is 23.8 Å². The highest BCUT2D eigenvalue weighted by Crippen LogP contribution is 3.02. The maximum absolute atomic E-state index is 13.7. The van der Waals surface area contributed by atoms with Crippen molar-refractivity contribution in [3.8, 4) is 0 Å². The molecule has 0 fully saturated rings. The van der Waals surface area contributed by atoms with E-state index in [1.54, 1.807) is 0 Å². The third-order valence-corrected chi connectivity index (χ3v) is 4.65. The molecule has 1 aromatic carbocycles. The minimum Gasteiger partial charge on any atom is -0.256 e. The lowest BCUT2D eigenvalue weighted by Gasteiger charge is -2.40. The lowest BCUT2D eigenvalue weighted by Crippen LogP contribution is -2.20. The van der Waals surface area contributed by atoms with Crippen LogP contribution in [0.2, 0.25) is 0 Å². The van der Waals surface area contributed by atoms with Gasteiger partial charge < -0.3 is 0 Å². The maximum Gasteiger partial charge on any atom is 0.310 e. The highest BCUT2D eigenvalue weighted by Gasteiger charge is 2.65. The number of nitrogens with one attached hydrogen (secondary N) is 1. The van der Waals surface area contributed by atoms with Crippen LogP contribution in [0.4, 0.5) is 23.8 Å². The van der Waals surface area contributed by atoms with Gasteiger partial charge in [-0.25, -0.2) is 4.39 Å². The predicted molar refractivity (Wildman–Crippen MR) is 76.7 cm³/mol. The molecule has 0 aliphatic carbocycles. The van der Waals surface area contributed by atoms with Crippen LogP contribution in [0.3, 0.4) is 0 Å². The van der Waals surface area contributed by atoms with Gasteiger partial charge in [0.05, 0.1) is 0 Å². The molecule has 1 nitrogen and oxygen atoms in total. The van der Waals surface area contributed by atoms with Crippen molar-refractivity contribution in [1.82, 2.24) is 4.72 Å². The molecule has 21 heavy (non-hydrogen) atoms. The van der Waals surface area contributed by atoms with Crippen molar-refractivity contribution < 1.29 is 23.8 Å². The lowest BCUT2D eigenvalue weighted by atomic mass is 10.1. The van der Waals surface area contributed by atoms with Crippen LogP contribution < -0.4 is 4.72 Å². The monoisotopic (exact) mass is 353 g/mol. The zero-order valence-electron chi connectivity index (χ0n) is 11.9. The first kappa shape index (κ1) is 18.5. The topological polar surface area (TPSA) is 12.0 Å². The van der Waals surface area contributed by atoms with E-state index in [1.807, 2.05) is 20.8 Å². The number of rotatable bonds is 4. The van der Waals surface area contributed by atoms with Crippen molar-refractivity contribution in [2.24, 2.45) is 0 Å². The molecule has 0 saturated heterocycles. The van der Waals surface area contributed by atoms with Crippen molar-refractivity contribution in [1.29, 1.82) is 0 Å². The minimum atomic E-state index is -9.84. The highest BCUT2D eigenvalue weighted by molar-refractivity contribution is 8.45. The van der Waals surface area contributed by atoms with Crippen LogP contribution in [-0.4, -0.2) is 4.75 Å². The van der Waals surface area contributed by atoms with E-state index < -0.39 is 27.0 Å². The van der Waals surface area contributed by atoms with Crippen LogP contribution in [0.15, 0.2) is 23.1 Å². The van der Waals surface area contributed by atoms with Crippen molar-refractivity contribution in [2.45, 2.75) is 43.4 Å². The summed E-state index contributed by atoms with van der Waals surface area (Å²) in [7, 11) is -9.84. The smallest absolute Gasteiger partial charge is 0.256 e. The first-order valence-electron chi connectivity index (χ1n) is 5.97. The second kappa shape index (κ2) is 4.73. The maximum atomic E-state index is 13.7. The summed E-state index contributed by atoms with van der Waals surface area (Å²) in [6, 6.07) is 0.196. The molecule has 0 saturated carbocycles. The van der Waals surface area contributed by atoms with Crippen molar-refractivity contribution >= 4 is 22.2 Å². The lowest BCUT2D eigenvalue weighted by molar-refractivity contribution is 0.362. The molecular formula is C12H17F6NS2. The van der Waals surface area contributed by atoms with Crippen molar-refractivity contribution in [2.75, 3.05) is 0 Å². The van der Waals surface area contributed by atoms with E-state index in [0.29, 0.717) is 0 Å². The molecule has 0 amide bonds. The third-order valence-electron chi connectivity index (χ3n) is 2.43. The summed E-state index contributed by atoms with van der Waals surface area (Å²) in [5.74, 6) is -1.31. The fraction of sp³-hybridized carbons (Fsp3) is 0.500. The van der Waals surface area contributed by atoms with Crippen LogP contribution in [-0.2, 0) is 0 Å². The van der Waals surface area contributed by atoms with Gasteiger partial charge in [0.25, 0.3) is 0 Å². The SMILES string of the molecule is CC(NSC(C)(C)C)c1ccc(S(F)(F)(F)(F)F)cc1F. The van der Waals surface area contributed by atoms with Crippen molar-refractivity contribution in [3.05, 3.63) is 29.6 Å². The quantitative estimate of drug-likeness (QED) is 0.485. The second-order valence-electron chi connectivity index (χ2n) is 5.71. The summed E-state index contributed by atoms with van der Waals surface area (Å²) >= 11 is 1.27. The molecule has 9 heteroatoms. The van der Waals surface area contributed by atoms with Crippen LogP contribution in [0.1, 0.15) is 39.3 Å². The Morgan fingerprint density at radius 2 is 1.62 bits per heavy atom. The largest absolute Gasteiger partial charge is 0.310 e.